The van der Waals surface area contributed by atoms with Gasteiger partial charge in [-0.05, 0) is 27.4 Å². The Balaban J connectivity index is 2.41. The molecule has 1 aliphatic rings. The minimum Gasteiger partial charge on any atom is -0.391 e. The fraction of sp³-hybridized carbons (Fsp3) is 0.692. The second-order valence-corrected chi connectivity index (χ2v) is 6.17. The van der Waals surface area contributed by atoms with Gasteiger partial charge >= 0.3 is 0 Å². The molecule has 2 atom stereocenters. The summed E-state index contributed by atoms with van der Waals surface area (Å²) in [5.74, 6) is 0.915. The predicted molar refractivity (Wildman–Crippen MR) is 84.1 cm³/mol. The van der Waals surface area contributed by atoms with Crippen LogP contribution >= 0.6 is 12.2 Å². The summed E-state index contributed by atoms with van der Waals surface area (Å²) in [6.07, 6.45) is 0.425. The van der Waals surface area contributed by atoms with E-state index in [1.165, 1.54) is 0 Å². The van der Waals surface area contributed by atoms with Crippen LogP contribution in [0.2, 0.25) is 0 Å². The molecule has 0 aliphatic carbocycles. The van der Waals surface area contributed by atoms with Crippen LogP contribution in [0.1, 0.15) is 17.7 Å². The van der Waals surface area contributed by atoms with Crippen molar-refractivity contribution in [2.24, 2.45) is 12.8 Å². The SMILES string of the molecule is Cc1nn(C)c(N2CC(O)CC2CN(C)C)c1C(N)=S. The van der Waals surface area contributed by atoms with Crippen molar-refractivity contribution < 1.29 is 5.11 Å². The summed E-state index contributed by atoms with van der Waals surface area (Å²) in [5, 5.41) is 14.4. The van der Waals surface area contributed by atoms with Crippen molar-refractivity contribution in [1.29, 1.82) is 0 Å². The molecular formula is C13H23N5OS. The molecule has 1 saturated heterocycles. The molecule has 2 heterocycles. The number of nitrogens with two attached hydrogens (primary N) is 1. The largest absolute Gasteiger partial charge is 0.391 e. The Morgan fingerprint density at radius 3 is 2.75 bits per heavy atom. The molecule has 0 radical (unpaired) electrons. The molecule has 2 unspecified atom stereocenters. The number of thiocarbonyl (C=S) groups is 1. The summed E-state index contributed by atoms with van der Waals surface area (Å²) in [7, 11) is 5.96. The lowest BCUT2D eigenvalue weighted by Gasteiger charge is -2.29. The molecule has 7 heteroatoms. The molecular weight excluding hydrogens is 274 g/mol. The van der Waals surface area contributed by atoms with Crippen molar-refractivity contribution in [3.8, 4) is 0 Å². The quantitative estimate of drug-likeness (QED) is 0.754. The van der Waals surface area contributed by atoms with Gasteiger partial charge in [-0.3, -0.25) is 4.68 Å². The van der Waals surface area contributed by atoms with Crippen LogP contribution in [0, 0.1) is 6.92 Å². The van der Waals surface area contributed by atoms with E-state index in [1.54, 1.807) is 0 Å². The first-order chi connectivity index (χ1) is 9.31. The molecule has 6 nitrogen and oxygen atoms in total. The van der Waals surface area contributed by atoms with Crippen molar-refractivity contribution in [2.45, 2.75) is 25.5 Å². The number of aromatic nitrogens is 2. The normalized spacial score (nSPS) is 22.8. The summed E-state index contributed by atoms with van der Waals surface area (Å²) in [6, 6.07) is 0.239. The Morgan fingerprint density at radius 1 is 1.55 bits per heavy atom. The number of likely N-dealkylation sites (N-methyl/N-ethyl adjacent to an activating group) is 1. The van der Waals surface area contributed by atoms with Gasteiger partial charge < -0.3 is 20.6 Å². The number of hydrogen-bond acceptors (Lipinski definition) is 5. The van der Waals surface area contributed by atoms with Crippen LogP contribution in [0.15, 0.2) is 0 Å². The molecule has 0 spiro atoms. The van der Waals surface area contributed by atoms with Gasteiger partial charge in [0, 0.05) is 26.2 Å². The zero-order valence-corrected chi connectivity index (χ0v) is 13.3. The number of aliphatic hydroxyl groups excluding tert-OH is 1. The first-order valence-electron chi connectivity index (χ1n) is 6.74. The van der Waals surface area contributed by atoms with E-state index >= 15 is 0 Å². The summed E-state index contributed by atoms with van der Waals surface area (Å²) in [4.78, 5) is 4.66. The molecule has 0 amide bonds. The summed E-state index contributed by atoms with van der Waals surface area (Å²) in [6.45, 7) is 3.37. The van der Waals surface area contributed by atoms with Crippen molar-refractivity contribution in [3.05, 3.63) is 11.3 Å². The molecule has 1 aromatic heterocycles. The van der Waals surface area contributed by atoms with E-state index in [-0.39, 0.29) is 12.1 Å². The topological polar surface area (TPSA) is 70.6 Å². The van der Waals surface area contributed by atoms with Gasteiger partial charge in [-0.15, -0.1) is 0 Å². The van der Waals surface area contributed by atoms with Crippen LogP contribution < -0.4 is 10.6 Å². The molecule has 0 bridgehead atoms. The van der Waals surface area contributed by atoms with E-state index in [0.717, 1.165) is 30.0 Å². The monoisotopic (exact) mass is 297 g/mol. The van der Waals surface area contributed by atoms with Crippen LogP contribution in [0.25, 0.3) is 0 Å². The third kappa shape index (κ3) is 2.79. The number of aryl methyl sites for hydroxylation is 2. The Kier molecular flexibility index (Phi) is 4.31. The highest BCUT2D eigenvalue weighted by atomic mass is 32.1. The molecule has 1 fully saturated rings. The van der Waals surface area contributed by atoms with Crippen LogP contribution in [0.3, 0.4) is 0 Å². The number of rotatable bonds is 4. The molecule has 20 heavy (non-hydrogen) atoms. The average Bonchev–Trinajstić information content (AvgIpc) is 2.77. The summed E-state index contributed by atoms with van der Waals surface area (Å²) < 4.78 is 1.81. The third-order valence-electron chi connectivity index (χ3n) is 3.68. The second kappa shape index (κ2) is 5.67. The minimum atomic E-state index is -0.325. The lowest BCUT2D eigenvalue weighted by Crippen LogP contribution is -2.39. The zero-order valence-electron chi connectivity index (χ0n) is 12.5. The van der Waals surface area contributed by atoms with Gasteiger partial charge in [0.25, 0.3) is 0 Å². The van der Waals surface area contributed by atoms with Crippen LogP contribution in [0.5, 0.6) is 0 Å². The van der Waals surface area contributed by atoms with E-state index in [2.05, 4.69) is 14.9 Å². The number of hydrogen-bond donors (Lipinski definition) is 2. The maximum absolute atomic E-state index is 10.0. The standard InChI is InChI=1S/C13H23N5OS/c1-8-11(12(14)20)13(17(4)15-8)18-7-10(19)5-9(18)6-16(2)3/h9-10,19H,5-7H2,1-4H3,(H2,14,20). The fourth-order valence-corrected chi connectivity index (χ4v) is 3.25. The number of aliphatic hydroxyl groups is 1. The first kappa shape index (κ1) is 15.2. The van der Waals surface area contributed by atoms with Crippen molar-refractivity contribution in [3.63, 3.8) is 0 Å². The summed E-state index contributed by atoms with van der Waals surface area (Å²) >= 11 is 5.17. The Hall–Kier alpha value is -1.18. The molecule has 3 N–H and O–H groups in total. The van der Waals surface area contributed by atoms with Crippen molar-refractivity contribution in [1.82, 2.24) is 14.7 Å². The number of anilines is 1. The fourth-order valence-electron chi connectivity index (χ4n) is 3.01. The van der Waals surface area contributed by atoms with E-state index in [0.29, 0.717) is 11.5 Å². The maximum Gasteiger partial charge on any atom is 0.137 e. The highest BCUT2D eigenvalue weighted by Gasteiger charge is 2.35. The van der Waals surface area contributed by atoms with Crippen LogP contribution in [0.4, 0.5) is 5.82 Å². The summed E-state index contributed by atoms with van der Waals surface area (Å²) in [5.41, 5.74) is 7.51. The van der Waals surface area contributed by atoms with Gasteiger partial charge in [-0.2, -0.15) is 5.10 Å². The molecule has 1 aliphatic heterocycles. The van der Waals surface area contributed by atoms with Gasteiger partial charge in [-0.1, -0.05) is 12.2 Å². The highest BCUT2D eigenvalue weighted by Crippen LogP contribution is 2.30. The Morgan fingerprint density at radius 2 is 2.20 bits per heavy atom. The lowest BCUT2D eigenvalue weighted by atomic mass is 10.1. The van der Waals surface area contributed by atoms with Gasteiger partial charge in [0.2, 0.25) is 0 Å². The number of nitrogens with zero attached hydrogens (tertiary/aromatic N) is 4. The van der Waals surface area contributed by atoms with Gasteiger partial charge in [0.1, 0.15) is 10.8 Å². The minimum absolute atomic E-state index is 0.239. The van der Waals surface area contributed by atoms with Gasteiger partial charge in [0.05, 0.1) is 17.4 Å². The van der Waals surface area contributed by atoms with Gasteiger partial charge in [0.15, 0.2) is 0 Å². The van der Waals surface area contributed by atoms with E-state index in [4.69, 9.17) is 18.0 Å². The van der Waals surface area contributed by atoms with Gasteiger partial charge in [-0.25, -0.2) is 0 Å². The molecule has 2 rings (SSSR count). The average molecular weight is 297 g/mol. The molecule has 112 valence electrons. The molecule has 0 saturated carbocycles. The molecule has 1 aromatic rings. The smallest absolute Gasteiger partial charge is 0.137 e. The van der Waals surface area contributed by atoms with Crippen LogP contribution in [-0.2, 0) is 7.05 Å². The number of β-amino-alcohol motifs (C(OH)–C–C–N with tert-alkyl or cyclic N) is 1. The maximum atomic E-state index is 10.0. The third-order valence-corrected chi connectivity index (χ3v) is 3.88. The first-order valence-corrected chi connectivity index (χ1v) is 7.15. The zero-order chi connectivity index (χ0) is 15.0. The molecule has 0 aromatic carbocycles. The van der Waals surface area contributed by atoms with E-state index in [1.807, 2.05) is 32.7 Å². The second-order valence-electron chi connectivity index (χ2n) is 5.73. The van der Waals surface area contributed by atoms with Crippen molar-refractivity contribution >= 4 is 23.0 Å². The lowest BCUT2D eigenvalue weighted by molar-refractivity contribution is 0.191. The van der Waals surface area contributed by atoms with Crippen molar-refractivity contribution in [2.75, 3.05) is 32.1 Å². The van der Waals surface area contributed by atoms with Crippen LogP contribution in [-0.4, -0.2) is 64.1 Å². The van der Waals surface area contributed by atoms with E-state index < -0.39 is 0 Å². The van der Waals surface area contributed by atoms with E-state index in [9.17, 15) is 5.11 Å². The Bertz CT molecular complexity index is 513. The Labute approximate surface area is 125 Å². The predicted octanol–water partition coefficient (Wildman–Crippen LogP) is -0.136. The highest BCUT2D eigenvalue weighted by molar-refractivity contribution is 7.80.